The van der Waals surface area contributed by atoms with Crippen molar-refractivity contribution >= 4 is 27.3 Å². The number of amides is 1. The molecular formula is C22H19FN2O4S. The van der Waals surface area contributed by atoms with E-state index >= 15 is 0 Å². The molecule has 1 N–H and O–H groups in total. The Kier molecular flexibility index (Phi) is 4.74. The number of hydrogen-bond donors (Lipinski definition) is 1. The van der Waals surface area contributed by atoms with Gasteiger partial charge in [-0.05, 0) is 67.4 Å². The molecule has 3 aromatic carbocycles. The van der Waals surface area contributed by atoms with Crippen molar-refractivity contribution in [2.24, 2.45) is 0 Å². The van der Waals surface area contributed by atoms with E-state index in [-0.39, 0.29) is 22.1 Å². The molecule has 0 aliphatic carbocycles. The van der Waals surface area contributed by atoms with Gasteiger partial charge in [0.25, 0.3) is 15.9 Å². The van der Waals surface area contributed by atoms with Gasteiger partial charge < -0.3 is 9.64 Å². The highest BCUT2D eigenvalue weighted by molar-refractivity contribution is 7.92. The minimum absolute atomic E-state index is 0.167. The van der Waals surface area contributed by atoms with Crippen molar-refractivity contribution in [2.75, 3.05) is 16.7 Å². The smallest absolute Gasteiger partial charge is 0.262 e. The van der Waals surface area contributed by atoms with Gasteiger partial charge in [-0.2, -0.15) is 0 Å². The standard InChI is InChI=1S/C22H19FN2O4S/c1-13-4-8-20-18(10-13)25(3)22(26)17-12-16(7-9-19(17)29-20)24-30(27,28)21-11-15(23)6-5-14(21)2/h4-12,24H,1-3H3. The molecule has 0 atom stereocenters. The van der Waals surface area contributed by atoms with Crippen molar-refractivity contribution in [3.63, 3.8) is 0 Å². The first-order valence-corrected chi connectivity index (χ1v) is 10.6. The summed E-state index contributed by atoms with van der Waals surface area (Å²) in [4.78, 5) is 14.3. The highest BCUT2D eigenvalue weighted by Gasteiger charge is 2.27. The lowest BCUT2D eigenvalue weighted by Gasteiger charge is -2.17. The first-order chi connectivity index (χ1) is 14.2. The number of carbonyl (C=O) groups excluding carboxylic acids is 1. The lowest BCUT2D eigenvalue weighted by atomic mass is 10.1. The normalized spacial score (nSPS) is 13.2. The topological polar surface area (TPSA) is 75.7 Å². The molecule has 1 heterocycles. The van der Waals surface area contributed by atoms with E-state index in [0.717, 1.165) is 11.6 Å². The SMILES string of the molecule is Cc1ccc2c(c1)N(C)C(=O)c1cc(NS(=O)(=O)c3cc(F)ccc3C)ccc1O2. The van der Waals surface area contributed by atoms with Crippen LogP contribution < -0.4 is 14.4 Å². The number of fused-ring (bicyclic) bond motifs is 2. The van der Waals surface area contributed by atoms with Gasteiger partial charge >= 0.3 is 0 Å². The van der Waals surface area contributed by atoms with Crippen LogP contribution in [0.25, 0.3) is 0 Å². The molecule has 0 aromatic heterocycles. The van der Waals surface area contributed by atoms with Crippen LogP contribution >= 0.6 is 0 Å². The van der Waals surface area contributed by atoms with E-state index in [1.54, 1.807) is 20.0 Å². The Morgan fingerprint density at radius 2 is 1.70 bits per heavy atom. The van der Waals surface area contributed by atoms with Gasteiger partial charge in [-0.1, -0.05) is 12.1 Å². The first kappa shape index (κ1) is 19.9. The lowest BCUT2D eigenvalue weighted by molar-refractivity contribution is 0.0993. The van der Waals surface area contributed by atoms with Gasteiger partial charge in [0.2, 0.25) is 0 Å². The predicted octanol–water partition coefficient (Wildman–Crippen LogP) is 4.63. The van der Waals surface area contributed by atoms with Crippen LogP contribution in [0.5, 0.6) is 11.5 Å². The Hall–Kier alpha value is -3.39. The molecule has 0 saturated heterocycles. The Balaban J connectivity index is 1.73. The molecule has 0 radical (unpaired) electrons. The third-order valence-electron chi connectivity index (χ3n) is 4.90. The summed E-state index contributed by atoms with van der Waals surface area (Å²) in [5, 5.41) is 0. The zero-order chi connectivity index (χ0) is 21.6. The summed E-state index contributed by atoms with van der Waals surface area (Å²) < 4.78 is 47.4. The average molecular weight is 426 g/mol. The molecule has 1 amide bonds. The Bertz CT molecular complexity index is 1290. The summed E-state index contributed by atoms with van der Waals surface area (Å²) in [5.41, 5.74) is 2.38. The Labute approximate surface area is 174 Å². The van der Waals surface area contributed by atoms with Crippen LogP contribution in [0.2, 0.25) is 0 Å². The first-order valence-electron chi connectivity index (χ1n) is 9.15. The summed E-state index contributed by atoms with van der Waals surface area (Å²) in [7, 11) is -2.42. The van der Waals surface area contributed by atoms with E-state index in [9.17, 15) is 17.6 Å². The predicted molar refractivity (Wildman–Crippen MR) is 112 cm³/mol. The summed E-state index contributed by atoms with van der Waals surface area (Å²) in [6.07, 6.45) is 0. The summed E-state index contributed by atoms with van der Waals surface area (Å²) in [5.74, 6) is -0.142. The van der Waals surface area contributed by atoms with Gasteiger partial charge in [0.1, 0.15) is 11.6 Å². The van der Waals surface area contributed by atoms with Crippen LogP contribution in [0, 0.1) is 19.7 Å². The molecule has 154 valence electrons. The Morgan fingerprint density at radius 3 is 2.47 bits per heavy atom. The fourth-order valence-electron chi connectivity index (χ4n) is 3.31. The number of nitrogens with one attached hydrogen (secondary N) is 1. The molecule has 0 saturated carbocycles. The second-order valence-corrected chi connectivity index (χ2v) is 8.81. The van der Waals surface area contributed by atoms with Crippen LogP contribution in [-0.4, -0.2) is 21.4 Å². The van der Waals surface area contributed by atoms with Crippen molar-refractivity contribution in [1.29, 1.82) is 0 Å². The third kappa shape index (κ3) is 3.50. The summed E-state index contributed by atoms with van der Waals surface area (Å²) in [6.45, 7) is 3.49. The molecule has 6 nitrogen and oxygen atoms in total. The van der Waals surface area contributed by atoms with Gasteiger partial charge in [-0.3, -0.25) is 9.52 Å². The van der Waals surface area contributed by atoms with Crippen molar-refractivity contribution in [3.8, 4) is 11.5 Å². The zero-order valence-electron chi connectivity index (χ0n) is 16.6. The van der Waals surface area contributed by atoms with E-state index in [4.69, 9.17) is 4.74 Å². The molecule has 1 aliphatic heterocycles. The minimum atomic E-state index is -4.05. The number of sulfonamides is 1. The van der Waals surface area contributed by atoms with E-state index in [2.05, 4.69) is 4.72 Å². The van der Waals surface area contributed by atoms with Crippen LogP contribution in [0.4, 0.5) is 15.8 Å². The third-order valence-corrected chi connectivity index (χ3v) is 6.43. The number of anilines is 2. The average Bonchev–Trinajstić information content (AvgIpc) is 2.79. The van der Waals surface area contributed by atoms with Crippen molar-refractivity contribution < 1.29 is 22.3 Å². The minimum Gasteiger partial charge on any atom is -0.454 e. The zero-order valence-corrected chi connectivity index (χ0v) is 17.4. The lowest BCUT2D eigenvalue weighted by Crippen LogP contribution is -2.25. The highest BCUT2D eigenvalue weighted by Crippen LogP contribution is 2.39. The monoisotopic (exact) mass is 426 g/mol. The largest absolute Gasteiger partial charge is 0.454 e. The van der Waals surface area contributed by atoms with Crippen LogP contribution in [0.3, 0.4) is 0 Å². The van der Waals surface area contributed by atoms with Crippen molar-refractivity contribution in [3.05, 3.63) is 77.1 Å². The van der Waals surface area contributed by atoms with Crippen LogP contribution in [0.1, 0.15) is 21.5 Å². The molecule has 3 aromatic rings. The molecule has 0 unspecified atom stereocenters. The van der Waals surface area contributed by atoms with Crippen LogP contribution in [-0.2, 0) is 10.0 Å². The molecule has 30 heavy (non-hydrogen) atoms. The van der Waals surface area contributed by atoms with E-state index < -0.39 is 15.8 Å². The summed E-state index contributed by atoms with van der Waals surface area (Å²) in [6, 6.07) is 13.5. The number of carbonyl (C=O) groups is 1. The second-order valence-electron chi connectivity index (χ2n) is 7.16. The molecule has 1 aliphatic rings. The second kappa shape index (κ2) is 7.14. The molecule has 8 heteroatoms. The highest BCUT2D eigenvalue weighted by atomic mass is 32.2. The molecular weight excluding hydrogens is 407 g/mol. The maximum absolute atomic E-state index is 13.6. The van der Waals surface area contributed by atoms with Gasteiger partial charge in [0, 0.05) is 12.7 Å². The number of halogens is 1. The molecule has 0 bridgehead atoms. The fraction of sp³-hybridized carbons (Fsp3) is 0.136. The van der Waals surface area contributed by atoms with Crippen molar-refractivity contribution in [2.45, 2.75) is 18.7 Å². The van der Waals surface area contributed by atoms with Gasteiger partial charge in [-0.15, -0.1) is 0 Å². The fourth-order valence-corrected chi connectivity index (χ4v) is 4.61. The Morgan fingerprint density at radius 1 is 0.967 bits per heavy atom. The van der Waals surface area contributed by atoms with E-state index in [0.29, 0.717) is 22.7 Å². The quantitative estimate of drug-likeness (QED) is 0.663. The van der Waals surface area contributed by atoms with Gasteiger partial charge in [0.05, 0.1) is 16.1 Å². The maximum Gasteiger partial charge on any atom is 0.262 e. The summed E-state index contributed by atoms with van der Waals surface area (Å²) >= 11 is 0. The number of hydrogen-bond acceptors (Lipinski definition) is 4. The number of aryl methyl sites for hydroxylation is 2. The van der Waals surface area contributed by atoms with Gasteiger partial charge in [0.15, 0.2) is 5.75 Å². The number of ether oxygens (including phenoxy) is 1. The number of rotatable bonds is 3. The molecule has 0 fully saturated rings. The van der Waals surface area contributed by atoms with E-state index in [1.807, 2.05) is 19.1 Å². The van der Waals surface area contributed by atoms with Gasteiger partial charge in [-0.25, -0.2) is 12.8 Å². The van der Waals surface area contributed by atoms with Crippen LogP contribution in [0.15, 0.2) is 59.5 Å². The molecule has 0 spiro atoms. The van der Waals surface area contributed by atoms with Crippen molar-refractivity contribution in [1.82, 2.24) is 0 Å². The number of benzene rings is 3. The molecule has 4 rings (SSSR count). The number of nitrogens with zero attached hydrogens (tertiary/aromatic N) is 1. The van der Waals surface area contributed by atoms with E-state index in [1.165, 1.54) is 35.2 Å². The maximum atomic E-state index is 13.6.